The van der Waals surface area contributed by atoms with Gasteiger partial charge >= 0.3 is 5.97 Å². The highest BCUT2D eigenvalue weighted by Crippen LogP contribution is 2.39. The molecule has 5 heteroatoms. The monoisotopic (exact) mass is 275 g/mol. The van der Waals surface area contributed by atoms with Gasteiger partial charge in [0, 0.05) is 0 Å². The van der Waals surface area contributed by atoms with E-state index in [4.69, 9.17) is 4.74 Å². The zero-order valence-corrected chi connectivity index (χ0v) is 11.9. The molecule has 0 aromatic carbocycles. The van der Waals surface area contributed by atoms with Crippen molar-refractivity contribution in [3.8, 4) is 0 Å². The summed E-state index contributed by atoms with van der Waals surface area (Å²) >= 11 is 0. The number of piperidine rings is 1. The Labute approximate surface area is 119 Å². The topological polar surface area (TPSA) is 56.2 Å². The molecule has 0 bridgehead atoms. The van der Waals surface area contributed by atoms with Crippen LogP contribution in [0.25, 0.3) is 6.08 Å². The van der Waals surface area contributed by atoms with Crippen LogP contribution in [0.5, 0.6) is 0 Å². The molecule has 0 radical (unpaired) electrons. The van der Waals surface area contributed by atoms with Gasteiger partial charge in [-0.3, -0.25) is 9.48 Å². The Morgan fingerprint density at radius 1 is 1.50 bits per heavy atom. The van der Waals surface area contributed by atoms with Gasteiger partial charge < -0.3 is 10.1 Å². The third-order valence-corrected chi connectivity index (χ3v) is 4.28. The Morgan fingerprint density at radius 3 is 3.05 bits per heavy atom. The van der Waals surface area contributed by atoms with Crippen LogP contribution < -0.4 is 5.32 Å². The number of esters is 1. The molecule has 2 aliphatic rings. The molecule has 1 aliphatic heterocycles. The van der Waals surface area contributed by atoms with Gasteiger partial charge in [0.1, 0.15) is 6.54 Å². The predicted molar refractivity (Wildman–Crippen MR) is 76.1 cm³/mol. The van der Waals surface area contributed by atoms with E-state index in [2.05, 4.69) is 22.6 Å². The average Bonchev–Trinajstić information content (AvgIpc) is 2.82. The second kappa shape index (κ2) is 5.40. The first-order valence-corrected chi connectivity index (χ1v) is 7.33. The van der Waals surface area contributed by atoms with Gasteiger partial charge in [-0.25, -0.2) is 0 Å². The van der Waals surface area contributed by atoms with E-state index in [1.807, 2.05) is 13.1 Å². The summed E-state index contributed by atoms with van der Waals surface area (Å²) < 4.78 is 6.73. The standard InChI is InChI=1S/C15H21N3O2/c1-2-20-14(19)11-18-13-3-4-15(5-7-16-8-6-15)9-12(13)10-17-18/h3-4,10,16H,2,5-9,11H2,1H3. The minimum Gasteiger partial charge on any atom is -0.465 e. The molecule has 108 valence electrons. The maximum Gasteiger partial charge on any atom is 0.327 e. The summed E-state index contributed by atoms with van der Waals surface area (Å²) in [7, 11) is 0. The first-order valence-electron chi connectivity index (χ1n) is 7.33. The molecule has 1 N–H and O–H groups in total. The van der Waals surface area contributed by atoms with E-state index in [1.165, 1.54) is 18.4 Å². The molecule has 2 heterocycles. The van der Waals surface area contributed by atoms with Crippen LogP contribution >= 0.6 is 0 Å². The number of allylic oxidation sites excluding steroid dienone is 1. The molecule has 1 aromatic rings. The van der Waals surface area contributed by atoms with Gasteiger partial charge in [0.05, 0.1) is 18.5 Å². The summed E-state index contributed by atoms with van der Waals surface area (Å²) in [6.45, 7) is 4.58. The largest absolute Gasteiger partial charge is 0.465 e. The van der Waals surface area contributed by atoms with Crippen LogP contribution in [0.2, 0.25) is 0 Å². The normalized spacial score (nSPS) is 19.9. The molecule has 1 spiro atoms. The number of carbonyl (C=O) groups excluding carboxylic acids is 1. The molecule has 1 aliphatic carbocycles. The van der Waals surface area contributed by atoms with E-state index in [-0.39, 0.29) is 17.9 Å². The summed E-state index contributed by atoms with van der Waals surface area (Å²) in [4.78, 5) is 11.6. The SMILES string of the molecule is CCOC(=O)Cn1ncc2c1C=CC1(CCNCC1)C2. The van der Waals surface area contributed by atoms with Crippen molar-refractivity contribution in [3.63, 3.8) is 0 Å². The Balaban J connectivity index is 1.77. The quantitative estimate of drug-likeness (QED) is 0.847. The van der Waals surface area contributed by atoms with Crippen molar-refractivity contribution in [2.24, 2.45) is 5.41 Å². The van der Waals surface area contributed by atoms with Gasteiger partial charge in [-0.05, 0) is 56.3 Å². The maximum atomic E-state index is 11.6. The Bertz CT molecular complexity index is 527. The van der Waals surface area contributed by atoms with Crippen molar-refractivity contribution < 1.29 is 9.53 Å². The van der Waals surface area contributed by atoms with E-state index in [0.717, 1.165) is 25.2 Å². The number of hydrogen-bond donors (Lipinski definition) is 1. The lowest BCUT2D eigenvalue weighted by atomic mass is 9.72. The van der Waals surface area contributed by atoms with Gasteiger partial charge in [0.15, 0.2) is 0 Å². The Hall–Kier alpha value is -1.62. The van der Waals surface area contributed by atoms with Crippen LogP contribution in [0.1, 0.15) is 31.0 Å². The number of aromatic nitrogens is 2. The van der Waals surface area contributed by atoms with E-state index < -0.39 is 0 Å². The van der Waals surface area contributed by atoms with E-state index in [0.29, 0.717) is 6.61 Å². The zero-order valence-electron chi connectivity index (χ0n) is 11.9. The highest BCUT2D eigenvalue weighted by Gasteiger charge is 2.33. The van der Waals surface area contributed by atoms with Crippen molar-refractivity contribution in [2.45, 2.75) is 32.7 Å². The molecule has 0 atom stereocenters. The molecule has 20 heavy (non-hydrogen) atoms. The maximum absolute atomic E-state index is 11.6. The number of hydrogen-bond acceptors (Lipinski definition) is 4. The fourth-order valence-corrected chi connectivity index (χ4v) is 3.18. The van der Waals surface area contributed by atoms with Crippen LogP contribution in [-0.4, -0.2) is 35.4 Å². The summed E-state index contributed by atoms with van der Waals surface area (Å²) in [5.41, 5.74) is 2.59. The van der Waals surface area contributed by atoms with Crippen molar-refractivity contribution in [1.29, 1.82) is 0 Å². The number of fused-ring (bicyclic) bond motifs is 1. The van der Waals surface area contributed by atoms with Gasteiger partial charge in [0.2, 0.25) is 0 Å². The fraction of sp³-hybridized carbons (Fsp3) is 0.600. The van der Waals surface area contributed by atoms with Crippen molar-refractivity contribution in [2.75, 3.05) is 19.7 Å². The minimum atomic E-state index is -0.228. The second-order valence-corrected chi connectivity index (χ2v) is 5.64. The van der Waals surface area contributed by atoms with Crippen molar-refractivity contribution in [3.05, 3.63) is 23.5 Å². The predicted octanol–water partition coefficient (Wildman–Crippen LogP) is 1.39. The number of rotatable bonds is 3. The molecule has 0 amide bonds. The highest BCUT2D eigenvalue weighted by atomic mass is 16.5. The van der Waals surface area contributed by atoms with Crippen LogP contribution in [0, 0.1) is 5.41 Å². The first kappa shape index (κ1) is 13.4. The number of nitrogens with zero attached hydrogens (tertiary/aromatic N) is 2. The molecule has 3 rings (SSSR count). The lowest BCUT2D eigenvalue weighted by molar-refractivity contribution is -0.144. The van der Waals surface area contributed by atoms with Crippen LogP contribution in [0.4, 0.5) is 0 Å². The molecule has 1 aromatic heterocycles. The lowest BCUT2D eigenvalue weighted by Gasteiger charge is -2.37. The summed E-state index contributed by atoms with van der Waals surface area (Å²) in [6, 6.07) is 0. The minimum absolute atomic E-state index is 0.196. The molecule has 1 fully saturated rings. The summed E-state index contributed by atoms with van der Waals surface area (Å²) in [5, 5.41) is 7.76. The molecule has 5 nitrogen and oxygen atoms in total. The first-order chi connectivity index (χ1) is 9.72. The number of ether oxygens (including phenoxy) is 1. The lowest BCUT2D eigenvalue weighted by Crippen LogP contribution is -2.37. The Kier molecular flexibility index (Phi) is 3.61. The molecule has 1 saturated heterocycles. The fourth-order valence-electron chi connectivity index (χ4n) is 3.18. The third-order valence-electron chi connectivity index (χ3n) is 4.28. The van der Waals surface area contributed by atoms with Gasteiger partial charge in [-0.15, -0.1) is 0 Å². The smallest absolute Gasteiger partial charge is 0.327 e. The van der Waals surface area contributed by atoms with Gasteiger partial charge in [-0.1, -0.05) is 6.08 Å². The summed E-state index contributed by atoms with van der Waals surface area (Å²) in [6.07, 6.45) is 9.74. The second-order valence-electron chi connectivity index (χ2n) is 5.64. The van der Waals surface area contributed by atoms with Crippen molar-refractivity contribution in [1.82, 2.24) is 15.1 Å². The Morgan fingerprint density at radius 2 is 2.30 bits per heavy atom. The molecular weight excluding hydrogens is 254 g/mol. The number of nitrogens with one attached hydrogen (secondary N) is 1. The van der Waals surface area contributed by atoms with E-state index >= 15 is 0 Å². The van der Waals surface area contributed by atoms with Gasteiger partial charge in [0.25, 0.3) is 0 Å². The molecular formula is C15H21N3O2. The van der Waals surface area contributed by atoms with E-state index in [1.54, 1.807) is 4.68 Å². The third kappa shape index (κ3) is 2.50. The average molecular weight is 275 g/mol. The van der Waals surface area contributed by atoms with Crippen LogP contribution in [0.15, 0.2) is 12.3 Å². The molecule has 0 saturated carbocycles. The highest BCUT2D eigenvalue weighted by molar-refractivity contribution is 5.70. The van der Waals surface area contributed by atoms with Crippen LogP contribution in [0.3, 0.4) is 0 Å². The van der Waals surface area contributed by atoms with Gasteiger partial charge in [-0.2, -0.15) is 5.10 Å². The van der Waals surface area contributed by atoms with Crippen LogP contribution in [-0.2, 0) is 22.5 Å². The van der Waals surface area contributed by atoms with E-state index in [9.17, 15) is 4.79 Å². The van der Waals surface area contributed by atoms with Crippen molar-refractivity contribution >= 4 is 12.0 Å². The zero-order chi connectivity index (χ0) is 14.0. The molecule has 0 unspecified atom stereocenters. The number of carbonyl (C=O) groups is 1. The summed E-state index contributed by atoms with van der Waals surface area (Å²) in [5.74, 6) is -0.228.